The number of aromatic nitrogens is 1. The third-order valence-electron chi connectivity index (χ3n) is 3.67. The Morgan fingerprint density at radius 3 is 2.67 bits per heavy atom. The summed E-state index contributed by atoms with van der Waals surface area (Å²) in [6.07, 6.45) is 0. The third kappa shape index (κ3) is 3.80. The van der Waals surface area contributed by atoms with E-state index in [0.717, 1.165) is 17.0 Å². The summed E-state index contributed by atoms with van der Waals surface area (Å²) in [5, 5.41) is 4.07. The predicted molar refractivity (Wildman–Crippen MR) is 99.3 cm³/mol. The highest BCUT2D eigenvalue weighted by atomic mass is 32.2. The molecule has 4 nitrogen and oxygen atoms in total. The molecule has 0 radical (unpaired) electrons. The smallest absolute Gasteiger partial charge is 0.246 e. The maximum Gasteiger partial charge on any atom is 0.246 e. The van der Waals surface area contributed by atoms with Gasteiger partial charge in [-0.25, -0.2) is 0 Å². The van der Waals surface area contributed by atoms with Crippen LogP contribution in [0.2, 0.25) is 0 Å². The largest absolute Gasteiger partial charge is 0.375 e. The number of methoxy groups -OCH3 is 1. The number of ether oxygens (including phenoxy) is 1. The predicted octanol–water partition coefficient (Wildman–Crippen LogP) is 3.69. The maximum atomic E-state index is 11.5. The van der Waals surface area contributed by atoms with Gasteiger partial charge in [0.2, 0.25) is 5.91 Å². The molecule has 2 N–H and O–H groups in total. The van der Waals surface area contributed by atoms with Gasteiger partial charge in [0.1, 0.15) is 6.61 Å². The van der Waals surface area contributed by atoms with Crippen molar-refractivity contribution in [2.45, 2.75) is 4.90 Å². The topological polar surface area (TPSA) is 54.1 Å². The quantitative estimate of drug-likeness (QED) is 0.509. The molecule has 1 amide bonds. The van der Waals surface area contributed by atoms with Crippen LogP contribution < -0.4 is 5.32 Å². The Morgan fingerprint density at radius 2 is 1.88 bits per heavy atom. The van der Waals surface area contributed by atoms with E-state index in [1.54, 1.807) is 11.8 Å². The van der Waals surface area contributed by atoms with Crippen molar-refractivity contribution in [2.24, 2.45) is 0 Å². The van der Waals surface area contributed by atoms with Gasteiger partial charge in [-0.2, -0.15) is 0 Å². The molecule has 0 atom stereocenters. The summed E-state index contributed by atoms with van der Waals surface area (Å²) in [5.41, 5.74) is 3.42. The molecule has 1 heterocycles. The lowest BCUT2D eigenvalue weighted by Crippen LogP contribution is -2.29. The van der Waals surface area contributed by atoms with Crippen molar-refractivity contribution in [3.8, 4) is 11.3 Å². The molecular formula is C19H20N2O2S. The summed E-state index contributed by atoms with van der Waals surface area (Å²) in [6.45, 7) is 0.716. The summed E-state index contributed by atoms with van der Waals surface area (Å²) in [5.74, 6) is 0.720. The number of nitrogens with one attached hydrogen (secondary N) is 2. The molecule has 0 fully saturated rings. The normalized spacial score (nSPS) is 10.9. The molecule has 124 valence electrons. The number of hydrogen-bond donors (Lipinski definition) is 2. The minimum Gasteiger partial charge on any atom is -0.375 e. The van der Waals surface area contributed by atoms with Crippen LogP contribution in [0.15, 0.2) is 59.5 Å². The second kappa shape index (κ2) is 8.04. The number of H-pyrrole nitrogens is 1. The lowest BCUT2D eigenvalue weighted by Gasteiger charge is -2.06. The van der Waals surface area contributed by atoms with E-state index in [0.29, 0.717) is 6.54 Å². The minimum atomic E-state index is -0.0830. The van der Waals surface area contributed by atoms with Gasteiger partial charge in [0.05, 0.1) is 5.69 Å². The van der Waals surface area contributed by atoms with Crippen molar-refractivity contribution in [1.29, 1.82) is 0 Å². The molecule has 3 rings (SSSR count). The molecule has 0 aliphatic rings. The van der Waals surface area contributed by atoms with Crippen molar-refractivity contribution in [3.63, 3.8) is 0 Å². The van der Waals surface area contributed by atoms with Crippen LogP contribution in [0.5, 0.6) is 0 Å². The first kappa shape index (κ1) is 16.6. The Morgan fingerprint density at radius 1 is 1.12 bits per heavy atom. The minimum absolute atomic E-state index is 0.0830. The molecular weight excluding hydrogens is 320 g/mol. The van der Waals surface area contributed by atoms with Crippen LogP contribution in [0.4, 0.5) is 0 Å². The molecule has 2 aromatic carbocycles. The van der Waals surface area contributed by atoms with E-state index in [4.69, 9.17) is 4.74 Å². The monoisotopic (exact) mass is 340 g/mol. The van der Waals surface area contributed by atoms with E-state index in [2.05, 4.69) is 40.6 Å². The van der Waals surface area contributed by atoms with Gasteiger partial charge in [0.25, 0.3) is 0 Å². The number of fused-ring (bicyclic) bond motifs is 1. The second-order valence-corrected chi connectivity index (χ2v) is 6.48. The van der Waals surface area contributed by atoms with Gasteiger partial charge in [0, 0.05) is 35.2 Å². The van der Waals surface area contributed by atoms with Gasteiger partial charge in [0.15, 0.2) is 0 Å². The van der Waals surface area contributed by atoms with Crippen LogP contribution in [-0.4, -0.2) is 36.9 Å². The van der Waals surface area contributed by atoms with Gasteiger partial charge in [-0.15, -0.1) is 11.8 Å². The number of benzene rings is 2. The molecule has 0 saturated heterocycles. The summed E-state index contributed by atoms with van der Waals surface area (Å²) >= 11 is 1.75. The number of carbonyl (C=O) groups excluding carboxylic acids is 1. The molecule has 3 aromatic rings. The van der Waals surface area contributed by atoms with Crippen LogP contribution in [0.25, 0.3) is 22.2 Å². The van der Waals surface area contributed by atoms with Gasteiger partial charge in [-0.1, -0.05) is 48.5 Å². The van der Waals surface area contributed by atoms with Crippen molar-refractivity contribution < 1.29 is 9.53 Å². The van der Waals surface area contributed by atoms with E-state index < -0.39 is 0 Å². The van der Waals surface area contributed by atoms with Crippen molar-refractivity contribution in [1.82, 2.24) is 10.3 Å². The van der Waals surface area contributed by atoms with Crippen LogP contribution >= 0.6 is 11.8 Å². The molecule has 0 unspecified atom stereocenters. The van der Waals surface area contributed by atoms with Crippen LogP contribution in [0.3, 0.4) is 0 Å². The SMILES string of the molecule is COCC(=O)NCCSc1c(-c2ccccc2)[nH]c2ccccc12. The number of para-hydroxylation sites is 1. The number of aromatic amines is 1. The van der Waals surface area contributed by atoms with Gasteiger partial charge in [-0.3, -0.25) is 4.79 Å². The Balaban J connectivity index is 1.79. The van der Waals surface area contributed by atoms with Crippen LogP contribution in [-0.2, 0) is 9.53 Å². The highest BCUT2D eigenvalue weighted by Crippen LogP contribution is 2.37. The Kier molecular flexibility index (Phi) is 5.56. The fourth-order valence-electron chi connectivity index (χ4n) is 2.60. The molecule has 0 aliphatic carbocycles. The molecule has 24 heavy (non-hydrogen) atoms. The molecule has 0 bridgehead atoms. The highest BCUT2D eigenvalue weighted by Gasteiger charge is 2.13. The van der Waals surface area contributed by atoms with Crippen molar-refractivity contribution in [2.75, 3.05) is 26.0 Å². The lowest BCUT2D eigenvalue weighted by molar-refractivity contribution is -0.124. The Labute approximate surface area is 145 Å². The van der Waals surface area contributed by atoms with E-state index in [1.807, 2.05) is 24.3 Å². The number of thioether (sulfide) groups is 1. The molecule has 5 heteroatoms. The Hall–Kier alpha value is -2.24. The molecule has 0 aliphatic heterocycles. The van der Waals surface area contributed by atoms with Crippen molar-refractivity contribution >= 4 is 28.6 Å². The zero-order valence-electron chi connectivity index (χ0n) is 13.5. The van der Waals surface area contributed by atoms with Crippen LogP contribution in [0, 0.1) is 0 Å². The van der Waals surface area contributed by atoms with E-state index in [-0.39, 0.29) is 12.5 Å². The first-order chi connectivity index (χ1) is 11.8. The number of amides is 1. The zero-order chi connectivity index (χ0) is 16.8. The zero-order valence-corrected chi connectivity index (χ0v) is 14.4. The van der Waals surface area contributed by atoms with Gasteiger partial charge < -0.3 is 15.0 Å². The van der Waals surface area contributed by atoms with E-state index in [1.165, 1.54) is 23.0 Å². The van der Waals surface area contributed by atoms with E-state index in [9.17, 15) is 4.79 Å². The van der Waals surface area contributed by atoms with Crippen LogP contribution in [0.1, 0.15) is 0 Å². The summed E-state index contributed by atoms with van der Waals surface area (Å²) < 4.78 is 4.82. The lowest BCUT2D eigenvalue weighted by atomic mass is 10.1. The number of hydrogen-bond acceptors (Lipinski definition) is 3. The highest BCUT2D eigenvalue weighted by molar-refractivity contribution is 7.99. The van der Waals surface area contributed by atoms with Gasteiger partial charge in [-0.05, 0) is 11.6 Å². The fourth-order valence-corrected chi connectivity index (χ4v) is 3.65. The van der Waals surface area contributed by atoms with Gasteiger partial charge >= 0.3 is 0 Å². The standard InChI is InChI=1S/C19H20N2O2S/c1-23-13-17(22)20-11-12-24-19-15-9-5-6-10-16(15)21-18(19)14-7-3-2-4-8-14/h2-10,21H,11-13H2,1H3,(H,20,22). The second-order valence-electron chi connectivity index (χ2n) is 5.37. The first-order valence-electron chi connectivity index (χ1n) is 7.84. The average Bonchev–Trinajstić information content (AvgIpc) is 2.98. The van der Waals surface area contributed by atoms with E-state index >= 15 is 0 Å². The first-order valence-corrected chi connectivity index (χ1v) is 8.82. The number of rotatable bonds is 7. The summed E-state index contributed by atoms with van der Waals surface area (Å²) in [6, 6.07) is 18.6. The average molecular weight is 340 g/mol. The third-order valence-corrected chi connectivity index (χ3v) is 4.79. The maximum absolute atomic E-state index is 11.5. The molecule has 0 saturated carbocycles. The Bertz CT molecular complexity index is 815. The number of carbonyl (C=O) groups is 1. The van der Waals surface area contributed by atoms with Crippen molar-refractivity contribution in [3.05, 3.63) is 54.6 Å². The molecule has 0 spiro atoms. The fraction of sp³-hybridized carbons (Fsp3) is 0.211. The molecule has 1 aromatic heterocycles. The summed E-state index contributed by atoms with van der Waals surface area (Å²) in [4.78, 5) is 16.2. The summed E-state index contributed by atoms with van der Waals surface area (Å²) in [7, 11) is 1.52.